The average Bonchev–Trinajstić information content (AvgIpc) is 3.14. The maximum absolute atomic E-state index is 4.89. The standard InChI is InChI=1S/C22H24N2S2/c1-21(2,3)14-9-7-13(8-10-14)19-23-15-11-18-16(12-17(15)25-19)24-20(26-18)22(4,5)6/h7-12H,1-6H3. The van der Waals surface area contributed by atoms with Crippen LogP contribution in [0.2, 0.25) is 0 Å². The van der Waals surface area contributed by atoms with E-state index in [2.05, 4.69) is 77.9 Å². The molecular weight excluding hydrogens is 356 g/mol. The first-order valence-electron chi connectivity index (χ1n) is 8.94. The van der Waals surface area contributed by atoms with Crippen LogP contribution >= 0.6 is 22.7 Å². The third-order valence-electron chi connectivity index (χ3n) is 4.54. The quantitative estimate of drug-likeness (QED) is 0.350. The summed E-state index contributed by atoms with van der Waals surface area (Å²) in [5, 5.41) is 2.26. The molecule has 0 bridgehead atoms. The van der Waals surface area contributed by atoms with Gasteiger partial charge in [-0.15, -0.1) is 22.7 Å². The summed E-state index contributed by atoms with van der Waals surface area (Å²) in [5.74, 6) is 0. The van der Waals surface area contributed by atoms with Gasteiger partial charge in [0.1, 0.15) is 5.01 Å². The van der Waals surface area contributed by atoms with E-state index in [0.717, 1.165) is 16.0 Å². The fraction of sp³-hybridized carbons (Fsp3) is 0.364. The van der Waals surface area contributed by atoms with E-state index < -0.39 is 0 Å². The molecule has 0 unspecified atom stereocenters. The van der Waals surface area contributed by atoms with Crippen LogP contribution in [0, 0.1) is 0 Å². The largest absolute Gasteiger partial charge is 0.241 e. The van der Waals surface area contributed by atoms with Gasteiger partial charge in [-0.1, -0.05) is 65.8 Å². The van der Waals surface area contributed by atoms with E-state index in [1.807, 2.05) is 0 Å². The third-order valence-corrected chi connectivity index (χ3v) is 7.05. The van der Waals surface area contributed by atoms with Gasteiger partial charge < -0.3 is 0 Å². The highest BCUT2D eigenvalue weighted by molar-refractivity contribution is 7.22. The molecular formula is C22H24N2S2. The predicted octanol–water partition coefficient (Wildman–Crippen LogP) is 7.17. The Morgan fingerprint density at radius 1 is 0.692 bits per heavy atom. The van der Waals surface area contributed by atoms with E-state index in [0.29, 0.717) is 0 Å². The van der Waals surface area contributed by atoms with Crippen molar-refractivity contribution < 1.29 is 0 Å². The second-order valence-electron chi connectivity index (χ2n) is 8.90. The minimum absolute atomic E-state index is 0.0878. The van der Waals surface area contributed by atoms with E-state index in [9.17, 15) is 0 Å². The highest BCUT2D eigenvalue weighted by Gasteiger charge is 2.20. The molecule has 4 rings (SSSR count). The summed E-state index contributed by atoms with van der Waals surface area (Å²) in [6.07, 6.45) is 0. The van der Waals surface area contributed by atoms with E-state index in [1.165, 1.54) is 25.5 Å². The van der Waals surface area contributed by atoms with Crippen LogP contribution in [0.1, 0.15) is 52.1 Å². The molecule has 0 aliphatic rings. The Morgan fingerprint density at radius 2 is 1.27 bits per heavy atom. The van der Waals surface area contributed by atoms with Gasteiger partial charge in [-0.3, -0.25) is 0 Å². The first-order valence-corrected chi connectivity index (χ1v) is 10.6. The first kappa shape index (κ1) is 17.6. The van der Waals surface area contributed by atoms with Crippen LogP contribution < -0.4 is 0 Å². The fourth-order valence-electron chi connectivity index (χ4n) is 2.91. The smallest absolute Gasteiger partial charge is 0.124 e. The molecule has 4 heteroatoms. The first-order chi connectivity index (χ1) is 12.1. The van der Waals surface area contributed by atoms with Crippen molar-refractivity contribution in [2.75, 3.05) is 0 Å². The van der Waals surface area contributed by atoms with Crippen LogP contribution in [-0.2, 0) is 10.8 Å². The molecule has 0 atom stereocenters. The maximum Gasteiger partial charge on any atom is 0.124 e. The van der Waals surface area contributed by atoms with E-state index >= 15 is 0 Å². The summed E-state index contributed by atoms with van der Waals surface area (Å²) in [7, 11) is 0. The van der Waals surface area contributed by atoms with Gasteiger partial charge in [0.15, 0.2) is 0 Å². The lowest BCUT2D eigenvalue weighted by Gasteiger charge is -2.18. The highest BCUT2D eigenvalue weighted by atomic mass is 32.1. The Morgan fingerprint density at radius 3 is 1.85 bits per heavy atom. The molecule has 2 heterocycles. The topological polar surface area (TPSA) is 25.8 Å². The summed E-state index contributed by atoms with van der Waals surface area (Å²) in [6, 6.07) is 13.2. The molecule has 0 aliphatic heterocycles. The average molecular weight is 381 g/mol. The minimum atomic E-state index is 0.0878. The number of thiazole rings is 2. The summed E-state index contributed by atoms with van der Waals surface area (Å²) in [6.45, 7) is 13.4. The molecule has 26 heavy (non-hydrogen) atoms. The number of hydrogen-bond donors (Lipinski definition) is 0. The minimum Gasteiger partial charge on any atom is -0.241 e. The fourth-order valence-corrected chi connectivity index (χ4v) is 4.93. The lowest BCUT2D eigenvalue weighted by Crippen LogP contribution is -2.10. The SMILES string of the molecule is CC(C)(C)c1ccc(-c2nc3cc4sc(C(C)(C)C)nc4cc3s2)cc1. The molecule has 0 N–H and O–H groups in total. The van der Waals surface area contributed by atoms with Gasteiger partial charge in [-0.05, 0) is 23.1 Å². The molecule has 0 saturated heterocycles. The molecule has 0 radical (unpaired) electrons. The number of benzene rings is 2. The number of hydrogen-bond acceptors (Lipinski definition) is 4. The maximum atomic E-state index is 4.89. The van der Waals surface area contributed by atoms with Gasteiger partial charge in [0.2, 0.25) is 0 Å². The number of rotatable bonds is 1. The van der Waals surface area contributed by atoms with Gasteiger partial charge >= 0.3 is 0 Å². The van der Waals surface area contributed by atoms with Crippen molar-refractivity contribution in [2.45, 2.75) is 52.4 Å². The molecule has 2 nitrogen and oxygen atoms in total. The Labute approximate surface area is 162 Å². The van der Waals surface area contributed by atoms with Crippen molar-refractivity contribution in [1.29, 1.82) is 0 Å². The molecule has 4 aromatic rings. The lowest BCUT2D eigenvalue weighted by atomic mass is 9.87. The van der Waals surface area contributed by atoms with E-state index in [4.69, 9.17) is 9.97 Å². The monoisotopic (exact) mass is 380 g/mol. The third kappa shape index (κ3) is 3.17. The number of nitrogens with zero attached hydrogens (tertiary/aromatic N) is 2. The van der Waals surface area contributed by atoms with Crippen LogP contribution in [0.4, 0.5) is 0 Å². The van der Waals surface area contributed by atoms with Crippen molar-refractivity contribution in [3.8, 4) is 10.6 Å². The zero-order valence-electron chi connectivity index (χ0n) is 16.2. The summed E-state index contributed by atoms with van der Waals surface area (Å²) >= 11 is 3.53. The zero-order valence-corrected chi connectivity index (χ0v) is 17.8. The predicted molar refractivity (Wildman–Crippen MR) is 116 cm³/mol. The number of aromatic nitrogens is 2. The molecule has 0 aliphatic carbocycles. The van der Waals surface area contributed by atoms with Gasteiger partial charge in [-0.2, -0.15) is 0 Å². The molecule has 0 spiro atoms. The van der Waals surface area contributed by atoms with Crippen LogP contribution in [-0.4, -0.2) is 9.97 Å². The zero-order chi connectivity index (χ0) is 18.7. The van der Waals surface area contributed by atoms with Crippen molar-refractivity contribution in [2.24, 2.45) is 0 Å². The molecule has 0 amide bonds. The Balaban J connectivity index is 1.76. The Hall–Kier alpha value is -1.78. The lowest BCUT2D eigenvalue weighted by molar-refractivity contribution is 0.587. The number of fused-ring (bicyclic) bond motifs is 2. The normalized spacial score (nSPS) is 13.0. The van der Waals surface area contributed by atoms with E-state index in [-0.39, 0.29) is 10.8 Å². The van der Waals surface area contributed by atoms with Crippen LogP contribution in [0.3, 0.4) is 0 Å². The summed E-state index contributed by atoms with van der Waals surface area (Å²) in [4.78, 5) is 9.75. The van der Waals surface area contributed by atoms with Crippen LogP contribution in [0.25, 0.3) is 31.0 Å². The molecule has 0 saturated carbocycles. The Kier molecular flexibility index (Phi) is 3.97. The molecule has 0 fully saturated rings. The molecule has 2 aromatic heterocycles. The Bertz CT molecular complexity index is 1040. The molecule has 2 aromatic carbocycles. The van der Waals surface area contributed by atoms with Gasteiger partial charge in [-0.25, -0.2) is 9.97 Å². The van der Waals surface area contributed by atoms with Gasteiger partial charge in [0.25, 0.3) is 0 Å². The van der Waals surface area contributed by atoms with Crippen molar-refractivity contribution in [3.63, 3.8) is 0 Å². The van der Waals surface area contributed by atoms with Gasteiger partial charge in [0.05, 0.1) is 25.4 Å². The van der Waals surface area contributed by atoms with Crippen molar-refractivity contribution in [3.05, 3.63) is 47.0 Å². The van der Waals surface area contributed by atoms with E-state index in [1.54, 1.807) is 22.7 Å². The molecule has 134 valence electrons. The summed E-state index contributed by atoms with van der Waals surface area (Å²) in [5.41, 5.74) is 4.96. The summed E-state index contributed by atoms with van der Waals surface area (Å²) < 4.78 is 2.43. The van der Waals surface area contributed by atoms with Crippen LogP contribution in [0.5, 0.6) is 0 Å². The van der Waals surface area contributed by atoms with Crippen molar-refractivity contribution >= 4 is 43.1 Å². The van der Waals surface area contributed by atoms with Crippen LogP contribution in [0.15, 0.2) is 36.4 Å². The van der Waals surface area contributed by atoms with Gasteiger partial charge in [0, 0.05) is 11.0 Å². The highest BCUT2D eigenvalue weighted by Crippen LogP contribution is 2.37. The second-order valence-corrected chi connectivity index (χ2v) is 11.0. The van der Waals surface area contributed by atoms with Crippen molar-refractivity contribution in [1.82, 2.24) is 9.97 Å². The second kappa shape index (κ2) is 5.86.